The van der Waals surface area contributed by atoms with Gasteiger partial charge in [-0.25, -0.2) is 0 Å². The van der Waals surface area contributed by atoms with Crippen LogP contribution in [0.5, 0.6) is 0 Å². The molecule has 2 unspecified atom stereocenters. The second-order valence-corrected chi connectivity index (χ2v) is 7.22. The van der Waals surface area contributed by atoms with Crippen molar-refractivity contribution in [1.82, 2.24) is 9.80 Å². The average molecular weight is 265 g/mol. The molecule has 2 heterocycles. The van der Waals surface area contributed by atoms with Gasteiger partial charge in [0.2, 0.25) is 0 Å². The second-order valence-electron chi connectivity index (χ2n) is 7.22. The molecule has 1 saturated carbocycles. The van der Waals surface area contributed by atoms with Crippen LogP contribution in [-0.4, -0.2) is 54.6 Å². The first-order valence-corrected chi connectivity index (χ1v) is 8.44. The van der Waals surface area contributed by atoms with Gasteiger partial charge in [-0.15, -0.1) is 0 Å². The Morgan fingerprint density at radius 1 is 1.00 bits per heavy atom. The van der Waals surface area contributed by atoms with Crippen LogP contribution >= 0.6 is 0 Å². The lowest BCUT2D eigenvalue weighted by Gasteiger charge is -2.44. The van der Waals surface area contributed by atoms with E-state index in [1.54, 1.807) is 0 Å². The van der Waals surface area contributed by atoms with Crippen LogP contribution in [0, 0.1) is 11.8 Å². The van der Waals surface area contributed by atoms with Crippen LogP contribution in [0.3, 0.4) is 0 Å². The molecule has 0 aromatic carbocycles. The summed E-state index contributed by atoms with van der Waals surface area (Å²) in [5.41, 5.74) is 5.80. The molecule has 0 radical (unpaired) electrons. The van der Waals surface area contributed by atoms with E-state index < -0.39 is 0 Å². The van der Waals surface area contributed by atoms with Gasteiger partial charge in [-0.2, -0.15) is 0 Å². The standard InChI is InChI=1S/C16H31N3/c1-13-10-18-8-2-3-16(18)12-19(13)11-15-6-4-14(9-17)5-7-15/h13-16H,2-12,17H2,1H3. The van der Waals surface area contributed by atoms with Gasteiger partial charge in [-0.1, -0.05) is 0 Å². The summed E-state index contributed by atoms with van der Waals surface area (Å²) in [5, 5.41) is 0. The van der Waals surface area contributed by atoms with Crippen molar-refractivity contribution in [2.45, 2.75) is 57.5 Å². The summed E-state index contributed by atoms with van der Waals surface area (Å²) in [4.78, 5) is 5.52. The molecular formula is C16H31N3. The van der Waals surface area contributed by atoms with Crippen LogP contribution in [0.15, 0.2) is 0 Å². The fourth-order valence-corrected chi connectivity index (χ4v) is 4.48. The first-order valence-electron chi connectivity index (χ1n) is 8.44. The van der Waals surface area contributed by atoms with Crippen LogP contribution in [0.1, 0.15) is 45.4 Å². The van der Waals surface area contributed by atoms with Gasteiger partial charge < -0.3 is 5.73 Å². The minimum atomic E-state index is 0.765. The van der Waals surface area contributed by atoms with Gasteiger partial charge in [0.25, 0.3) is 0 Å². The average Bonchev–Trinajstić information content (AvgIpc) is 2.87. The van der Waals surface area contributed by atoms with E-state index in [1.165, 1.54) is 64.7 Å². The van der Waals surface area contributed by atoms with Gasteiger partial charge in [0.05, 0.1) is 0 Å². The van der Waals surface area contributed by atoms with Crippen molar-refractivity contribution in [1.29, 1.82) is 0 Å². The summed E-state index contributed by atoms with van der Waals surface area (Å²) < 4.78 is 0. The Kier molecular flexibility index (Phi) is 4.45. The lowest BCUT2D eigenvalue weighted by molar-refractivity contribution is 0.0413. The van der Waals surface area contributed by atoms with Crippen molar-refractivity contribution in [3.63, 3.8) is 0 Å². The highest BCUT2D eigenvalue weighted by Crippen LogP contribution is 2.31. The van der Waals surface area contributed by atoms with E-state index in [-0.39, 0.29) is 0 Å². The number of rotatable bonds is 3. The van der Waals surface area contributed by atoms with E-state index in [9.17, 15) is 0 Å². The fraction of sp³-hybridized carbons (Fsp3) is 1.00. The van der Waals surface area contributed by atoms with E-state index in [0.29, 0.717) is 0 Å². The minimum Gasteiger partial charge on any atom is -0.330 e. The van der Waals surface area contributed by atoms with E-state index in [2.05, 4.69) is 16.7 Å². The Morgan fingerprint density at radius 2 is 1.74 bits per heavy atom. The van der Waals surface area contributed by atoms with E-state index in [4.69, 9.17) is 5.73 Å². The van der Waals surface area contributed by atoms with Crippen molar-refractivity contribution < 1.29 is 0 Å². The smallest absolute Gasteiger partial charge is 0.0224 e. The number of hydrogen-bond acceptors (Lipinski definition) is 3. The Labute approximate surface area is 118 Å². The highest BCUT2D eigenvalue weighted by molar-refractivity contribution is 4.91. The molecular weight excluding hydrogens is 234 g/mol. The predicted molar refractivity (Wildman–Crippen MR) is 80.1 cm³/mol. The molecule has 3 nitrogen and oxygen atoms in total. The van der Waals surface area contributed by atoms with Gasteiger partial charge in [0.15, 0.2) is 0 Å². The molecule has 3 fully saturated rings. The number of nitrogens with zero attached hydrogens (tertiary/aromatic N) is 2. The molecule has 110 valence electrons. The molecule has 3 aliphatic rings. The van der Waals surface area contributed by atoms with Crippen LogP contribution in [-0.2, 0) is 0 Å². The zero-order valence-electron chi connectivity index (χ0n) is 12.6. The Morgan fingerprint density at radius 3 is 2.47 bits per heavy atom. The van der Waals surface area contributed by atoms with Crippen LogP contribution < -0.4 is 5.73 Å². The Hall–Kier alpha value is -0.120. The largest absolute Gasteiger partial charge is 0.330 e. The van der Waals surface area contributed by atoms with Crippen molar-refractivity contribution in [2.24, 2.45) is 17.6 Å². The molecule has 0 spiro atoms. The summed E-state index contributed by atoms with van der Waals surface area (Å²) in [6.45, 7) is 8.68. The molecule has 2 N–H and O–H groups in total. The van der Waals surface area contributed by atoms with Crippen LogP contribution in [0.2, 0.25) is 0 Å². The molecule has 1 aliphatic carbocycles. The van der Waals surface area contributed by atoms with E-state index in [1.807, 2.05) is 0 Å². The monoisotopic (exact) mass is 265 g/mol. The quantitative estimate of drug-likeness (QED) is 0.846. The van der Waals surface area contributed by atoms with Gasteiger partial charge >= 0.3 is 0 Å². The third-order valence-electron chi connectivity index (χ3n) is 5.86. The summed E-state index contributed by atoms with van der Waals surface area (Å²) in [6, 6.07) is 1.64. The summed E-state index contributed by atoms with van der Waals surface area (Å²) in [6.07, 6.45) is 8.44. The maximum Gasteiger partial charge on any atom is 0.0224 e. The second kappa shape index (κ2) is 6.11. The third kappa shape index (κ3) is 3.14. The molecule has 3 rings (SSSR count). The molecule has 0 bridgehead atoms. The van der Waals surface area contributed by atoms with Crippen molar-refractivity contribution >= 4 is 0 Å². The number of piperazine rings is 1. The number of nitrogens with two attached hydrogens (primary N) is 1. The molecule has 19 heavy (non-hydrogen) atoms. The third-order valence-corrected chi connectivity index (χ3v) is 5.86. The van der Waals surface area contributed by atoms with Crippen LogP contribution in [0.4, 0.5) is 0 Å². The lowest BCUT2D eigenvalue weighted by Crippen LogP contribution is -2.56. The first kappa shape index (κ1) is 13.8. The molecule has 0 aromatic rings. The Balaban J connectivity index is 1.49. The van der Waals surface area contributed by atoms with Crippen molar-refractivity contribution in [2.75, 3.05) is 32.7 Å². The van der Waals surface area contributed by atoms with Gasteiger partial charge in [0.1, 0.15) is 0 Å². The Bertz CT molecular complexity index is 286. The van der Waals surface area contributed by atoms with Gasteiger partial charge in [-0.05, 0) is 70.4 Å². The molecule has 2 atom stereocenters. The summed E-state index contributed by atoms with van der Waals surface area (Å²) >= 11 is 0. The van der Waals surface area contributed by atoms with Crippen molar-refractivity contribution in [3.8, 4) is 0 Å². The zero-order valence-corrected chi connectivity index (χ0v) is 12.6. The molecule has 0 aromatic heterocycles. The SMILES string of the molecule is CC1CN2CCCC2CN1CC1CCC(CN)CC1. The van der Waals surface area contributed by atoms with E-state index >= 15 is 0 Å². The highest BCUT2D eigenvalue weighted by Gasteiger charge is 2.35. The van der Waals surface area contributed by atoms with Gasteiger partial charge in [0, 0.05) is 31.7 Å². The lowest BCUT2D eigenvalue weighted by atomic mass is 9.81. The molecule has 0 amide bonds. The maximum absolute atomic E-state index is 5.80. The number of hydrogen-bond donors (Lipinski definition) is 1. The maximum atomic E-state index is 5.80. The molecule has 2 aliphatic heterocycles. The first-order chi connectivity index (χ1) is 9.26. The number of fused-ring (bicyclic) bond motifs is 1. The molecule has 2 saturated heterocycles. The highest BCUT2D eigenvalue weighted by atomic mass is 15.3. The predicted octanol–water partition coefficient (Wildman–Crippen LogP) is 1.92. The summed E-state index contributed by atoms with van der Waals surface area (Å²) in [5.74, 6) is 1.76. The van der Waals surface area contributed by atoms with Gasteiger partial charge in [-0.3, -0.25) is 9.80 Å². The summed E-state index contributed by atoms with van der Waals surface area (Å²) in [7, 11) is 0. The van der Waals surface area contributed by atoms with E-state index in [0.717, 1.165) is 30.5 Å². The fourth-order valence-electron chi connectivity index (χ4n) is 4.48. The van der Waals surface area contributed by atoms with Crippen LogP contribution in [0.25, 0.3) is 0 Å². The molecule has 3 heteroatoms. The zero-order chi connectivity index (χ0) is 13.2. The van der Waals surface area contributed by atoms with Crippen molar-refractivity contribution in [3.05, 3.63) is 0 Å². The topological polar surface area (TPSA) is 32.5 Å². The normalized spacial score (nSPS) is 41.4. The minimum absolute atomic E-state index is 0.765.